The van der Waals surface area contributed by atoms with Gasteiger partial charge in [-0.1, -0.05) is 66.5 Å². The minimum Gasteiger partial charge on any atom is -0.488 e. The summed E-state index contributed by atoms with van der Waals surface area (Å²) in [5.41, 5.74) is 2.09. The fourth-order valence-corrected chi connectivity index (χ4v) is 3.62. The molecule has 3 aromatic carbocycles. The highest BCUT2D eigenvalue weighted by Gasteiger charge is 2.10. The van der Waals surface area contributed by atoms with Crippen molar-refractivity contribution in [1.82, 2.24) is 10.6 Å². The zero-order valence-corrected chi connectivity index (χ0v) is 17.6. The summed E-state index contributed by atoms with van der Waals surface area (Å²) >= 11 is 12.3. The predicted octanol–water partition coefficient (Wildman–Crippen LogP) is 5.81. The van der Waals surface area contributed by atoms with Crippen molar-refractivity contribution in [2.75, 3.05) is 19.6 Å². The van der Waals surface area contributed by atoms with Crippen LogP contribution in [0.4, 0.5) is 0 Å². The Morgan fingerprint density at radius 3 is 2.57 bits per heavy atom. The second-order valence-corrected chi connectivity index (χ2v) is 7.52. The van der Waals surface area contributed by atoms with Crippen LogP contribution in [0.3, 0.4) is 0 Å². The van der Waals surface area contributed by atoms with Crippen LogP contribution in [0.15, 0.2) is 54.6 Å². The van der Waals surface area contributed by atoms with Crippen LogP contribution in [0.5, 0.6) is 5.75 Å². The van der Waals surface area contributed by atoms with E-state index < -0.39 is 0 Å². The first-order valence-corrected chi connectivity index (χ1v) is 10.4. The molecule has 0 unspecified atom stereocenters. The van der Waals surface area contributed by atoms with E-state index >= 15 is 0 Å². The van der Waals surface area contributed by atoms with E-state index in [1.807, 2.05) is 18.2 Å². The maximum Gasteiger partial charge on any atom is 0.124 e. The second-order valence-electron chi connectivity index (χ2n) is 6.67. The Labute approximate surface area is 177 Å². The molecule has 0 aromatic heterocycles. The van der Waals surface area contributed by atoms with Gasteiger partial charge in [0.05, 0.1) is 0 Å². The molecule has 0 atom stereocenters. The molecule has 0 fully saturated rings. The largest absolute Gasteiger partial charge is 0.488 e. The highest BCUT2D eigenvalue weighted by Crippen LogP contribution is 2.30. The molecule has 0 saturated carbocycles. The van der Waals surface area contributed by atoms with Crippen LogP contribution in [-0.2, 0) is 13.2 Å². The number of nitrogens with one attached hydrogen (secondary N) is 2. The summed E-state index contributed by atoms with van der Waals surface area (Å²) in [7, 11) is 0. The molecule has 0 aliphatic rings. The van der Waals surface area contributed by atoms with Crippen LogP contribution < -0.4 is 15.4 Å². The van der Waals surface area contributed by atoms with Crippen molar-refractivity contribution in [1.29, 1.82) is 0 Å². The van der Waals surface area contributed by atoms with Crippen LogP contribution >= 0.6 is 23.2 Å². The number of ether oxygens (including phenoxy) is 1. The second kappa shape index (κ2) is 10.7. The fourth-order valence-electron chi connectivity index (χ4n) is 3.16. The van der Waals surface area contributed by atoms with Crippen molar-refractivity contribution in [3.63, 3.8) is 0 Å². The van der Waals surface area contributed by atoms with Gasteiger partial charge in [0.2, 0.25) is 0 Å². The molecule has 0 aliphatic carbocycles. The lowest BCUT2D eigenvalue weighted by atomic mass is 10.0. The van der Waals surface area contributed by atoms with Crippen LogP contribution in [0.2, 0.25) is 10.0 Å². The SMILES string of the molecule is CCNCCCNCc1c(OCc2ccc(Cl)cc2Cl)ccc2ccccc12. The summed E-state index contributed by atoms with van der Waals surface area (Å²) < 4.78 is 6.17. The third-order valence-corrected chi connectivity index (χ3v) is 5.24. The first-order chi connectivity index (χ1) is 13.7. The van der Waals surface area contributed by atoms with Gasteiger partial charge in [-0.25, -0.2) is 0 Å². The summed E-state index contributed by atoms with van der Waals surface area (Å²) in [4.78, 5) is 0. The number of hydrogen-bond acceptors (Lipinski definition) is 3. The number of rotatable bonds is 10. The summed E-state index contributed by atoms with van der Waals surface area (Å²) in [6.07, 6.45) is 1.09. The Morgan fingerprint density at radius 2 is 1.75 bits per heavy atom. The highest BCUT2D eigenvalue weighted by atomic mass is 35.5. The first kappa shape index (κ1) is 20.9. The smallest absolute Gasteiger partial charge is 0.124 e. The lowest BCUT2D eigenvalue weighted by Crippen LogP contribution is -2.21. The van der Waals surface area contributed by atoms with Gasteiger partial charge in [0, 0.05) is 27.7 Å². The minimum atomic E-state index is 0.405. The van der Waals surface area contributed by atoms with Crippen LogP contribution in [0.1, 0.15) is 24.5 Å². The molecule has 2 N–H and O–H groups in total. The van der Waals surface area contributed by atoms with Crippen molar-refractivity contribution in [2.45, 2.75) is 26.5 Å². The van der Waals surface area contributed by atoms with Crippen molar-refractivity contribution in [3.8, 4) is 5.75 Å². The highest BCUT2D eigenvalue weighted by molar-refractivity contribution is 6.35. The molecule has 0 amide bonds. The van der Waals surface area contributed by atoms with E-state index in [0.717, 1.165) is 43.9 Å². The van der Waals surface area contributed by atoms with Crippen molar-refractivity contribution >= 4 is 34.0 Å². The first-order valence-electron chi connectivity index (χ1n) is 9.68. The number of halogens is 2. The molecule has 3 rings (SSSR count). The van der Waals surface area contributed by atoms with E-state index in [4.69, 9.17) is 27.9 Å². The van der Waals surface area contributed by atoms with Gasteiger partial charge in [0.1, 0.15) is 12.4 Å². The Kier molecular flexibility index (Phi) is 7.99. The van der Waals surface area contributed by atoms with E-state index in [2.05, 4.69) is 47.9 Å². The molecular formula is C23H26Cl2N2O. The molecule has 3 nitrogen and oxygen atoms in total. The molecular weight excluding hydrogens is 391 g/mol. The Hall–Kier alpha value is -1.78. The van der Waals surface area contributed by atoms with Gasteiger partial charge in [-0.05, 0) is 55.0 Å². The molecule has 0 aliphatic heterocycles. The average Bonchev–Trinajstić information content (AvgIpc) is 2.70. The zero-order valence-electron chi connectivity index (χ0n) is 16.1. The molecule has 0 bridgehead atoms. The topological polar surface area (TPSA) is 33.3 Å². The third kappa shape index (κ3) is 5.62. The van der Waals surface area contributed by atoms with Crippen molar-refractivity contribution < 1.29 is 4.74 Å². The minimum absolute atomic E-state index is 0.405. The molecule has 0 saturated heterocycles. The normalized spacial score (nSPS) is 11.1. The van der Waals surface area contributed by atoms with Crippen LogP contribution in [0.25, 0.3) is 10.8 Å². The Balaban J connectivity index is 1.74. The number of hydrogen-bond donors (Lipinski definition) is 2. The van der Waals surface area contributed by atoms with Gasteiger partial charge in [-0.2, -0.15) is 0 Å². The molecule has 5 heteroatoms. The molecule has 28 heavy (non-hydrogen) atoms. The van der Waals surface area contributed by atoms with E-state index in [1.165, 1.54) is 16.3 Å². The van der Waals surface area contributed by atoms with Crippen molar-refractivity contribution in [2.24, 2.45) is 0 Å². The maximum atomic E-state index is 6.29. The lowest BCUT2D eigenvalue weighted by Gasteiger charge is -2.16. The van der Waals surface area contributed by atoms with Gasteiger partial charge in [0.15, 0.2) is 0 Å². The van der Waals surface area contributed by atoms with Gasteiger partial charge in [0.25, 0.3) is 0 Å². The zero-order chi connectivity index (χ0) is 19.8. The van der Waals surface area contributed by atoms with Gasteiger partial charge < -0.3 is 15.4 Å². The molecule has 0 spiro atoms. The number of benzene rings is 3. The van der Waals surface area contributed by atoms with E-state index in [1.54, 1.807) is 6.07 Å². The third-order valence-electron chi connectivity index (χ3n) is 4.65. The van der Waals surface area contributed by atoms with Crippen molar-refractivity contribution in [3.05, 3.63) is 75.8 Å². The summed E-state index contributed by atoms with van der Waals surface area (Å²) in [5.74, 6) is 0.879. The quantitative estimate of drug-likeness (QED) is 0.408. The van der Waals surface area contributed by atoms with E-state index in [-0.39, 0.29) is 0 Å². The monoisotopic (exact) mass is 416 g/mol. The van der Waals surface area contributed by atoms with E-state index in [9.17, 15) is 0 Å². The van der Waals surface area contributed by atoms with Gasteiger partial charge in [-0.3, -0.25) is 0 Å². The molecule has 3 aromatic rings. The lowest BCUT2D eigenvalue weighted by molar-refractivity contribution is 0.303. The Morgan fingerprint density at radius 1 is 0.929 bits per heavy atom. The summed E-state index contributed by atoms with van der Waals surface area (Å²) in [6, 6.07) is 18.0. The van der Waals surface area contributed by atoms with Gasteiger partial charge in [-0.15, -0.1) is 0 Å². The summed E-state index contributed by atoms with van der Waals surface area (Å²) in [6.45, 7) is 6.28. The van der Waals surface area contributed by atoms with E-state index in [0.29, 0.717) is 16.7 Å². The molecule has 148 valence electrons. The predicted molar refractivity (Wildman–Crippen MR) is 120 cm³/mol. The van der Waals surface area contributed by atoms with Gasteiger partial charge >= 0.3 is 0 Å². The molecule has 0 heterocycles. The average molecular weight is 417 g/mol. The van der Waals surface area contributed by atoms with Crippen LogP contribution in [0, 0.1) is 0 Å². The molecule has 0 radical (unpaired) electrons. The van der Waals surface area contributed by atoms with Crippen LogP contribution in [-0.4, -0.2) is 19.6 Å². The number of fused-ring (bicyclic) bond motifs is 1. The summed E-state index contributed by atoms with van der Waals surface area (Å²) in [5, 5.41) is 10.6. The standard InChI is InChI=1S/C23H26Cl2N2O/c1-2-26-12-5-13-27-15-21-20-7-4-3-6-17(20)9-11-23(21)28-16-18-8-10-19(24)14-22(18)25/h3-4,6-11,14,26-27H,2,5,12-13,15-16H2,1H3. The fraction of sp³-hybridized carbons (Fsp3) is 0.304. The maximum absolute atomic E-state index is 6.29. The Bertz CT molecular complexity index is 914.